The summed E-state index contributed by atoms with van der Waals surface area (Å²) in [6.45, 7) is 14.5. The Kier molecular flexibility index (Phi) is 8.96. The monoisotopic (exact) mass is 629 g/mol. The van der Waals surface area contributed by atoms with Crippen molar-refractivity contribution in [3.05, 3.63) is 48.2 Å². The molecule has 3 aliphatic rings. The highest BCUT2D eigenvalue weighted by Gasteiger charge is 2.38. The van der Waals surface area contributed by atoms with E-state index in [0.717, 1.165) is 32.0 Å². The fraction of sp³-hybridized carbons (Fsp3) is 0.485. The molecule has 0 aliphatic carbocycles. The first-order chi connectivity index (χ1) is 22.1. The van der Waals surface area contributed by atoms with Gasteiger partial charge in [-0.1, -0.05) is 12.1 Å². The summed E-state index contributed by atoms with van der Waals surface area (Å²) < 4.78 is 12.0. The molecule has 6 rings (SSSR count). The molecule has 3 amide bonds. The van der Waals surface area contributed by atoms with Gasteiger partial charge in [-0.25, -0.2) is 14.8 Å². The maximum Gasteiger partial charge on any atom is 0.323 e. The number of likely N-dealkylation sites (N-methyl/N-ethyl adjacent to an activating group) is 2. The van der Waals surface area contributed by atoms with Gasteiger partial charge in [-0.3, -0.25) is 4.79 Å². The molecule has 5 heterocycles. The van der Waals surface area contributed by atoms with Crippen molar-refractivity contribution in [3.63, 3.8) is 0 Å². The lowest BCUT2D eigenvalue weighted by Crippen LogP contribution is -2.44. The van der Waals surface area contributed by atoms with E-state index in [1.165, 1.54) is 0 Å². The number of carbonyl (C=O) groups is 2. The van der Waals surface area contributed by atoms with E-state index >= 15 is 0 Å². The van der Waals surface area contributed by atoms with E-state index in [1.807, 2.05) is 45.0 Å². The Morgan fingerprint density at radius 1 is 1.00 bits per heavy atom. The Labute approximate surface area is 269 Å². The van der Waals surface area contributed by atoms with Crippen LogP contribution in [0.1, 0.15) is 38.1 Å². The van der Waals surface area contributed by atoms with Crippen molar-refractivity contribution < 1.29 is 19.1 Å². The van der Waals surface area contributed by atoms with Gasteiger partial charge in [-0.2, -0.15) is 4.98 Å². The van der Waals surface area contributed by atoms with Crippen molar-refractivity contribution in [3.8, 4) is 17.1 Å². The normalized spacial score (nSPS) is 20.1. The number of amides is 3. The average molecular weight is 630 g/mol. The number of benzene rings is 1. The molecule has 13 heteroatoms. The summed E-state index contributed by atoms with van der Waals surface area (Å²) in [4.78, 5) is 49.4. The Morgan fingerprint density at radius 3 is 2.39 bits per heavy atom. The van der Waals surface area contributed by atoms with Crippen LogP contribution in [0.4, 0.5) is 27.9 Å². The third-order valence-corrected chi connectivity index (χ3v) is 8.57. The molecule has 2 fully saturated rings. The van der Waals surface area contributed by atoms with Crippen LogP contribution in [-0.4, -0.2) is 114 Å². The average Bonchev–Trinajstić information content (AvgIpc) is 3.14. The second-order valence-electron chi connectivity index (χ2n) is 12.7. The van der Waals surface area contributed by atoms with Gasteiger partial charge in [0.1, 0.15) is 17.0 Å². The molecule has 0 spiro atoms. The number of carbonyl (C=O) groups excluding carboxylic acids is 2. The molecule has 2 N–H and O–H groups in total. The summed E-state index contributed by atoms with van der Waals surface area (Å²) in [7, 11) is 2.12. The number of morpholine rings is 1. The number of hydrogen-bond acceptors (Lipinski definition) is 10. The van der Waals surface area contributed by atoms with Gasteiger partial charge >= 0.3 is 6.03 Å². The fourth-order valence-electron chi connectivity index (χ4n) is 5.98. The third kappa shape index (κ3) is 6.85. The van der Waals surface area contributed by atoms with Gasteiger partial charge in [0.25, 0.3) is 5.91 Å². The molecule has 0 saturated carbocycles. The SMILES string of the molecule is CCN1CC(C)(C)Oc2nc(N3CCOC[C@@H]3C)nc(-c3ccc(NC(=O)Nc4ccc(N5CCN(C)CC5)nc4)cc3)c2C1=O. The number of urea groups is 1. The number of hydrogen-bond donors (Lipinski definition) is 2. The standard InChI is InChI=1S/C33H43N9O4/c1-6-40-21-33(3,4)46-29-27(30(40)43)28(37-31(38-29)42-17-18-45-20-22(42)2)23-7-9-24(10-8-23)35-32(44)36-25-11-12-26(34-19-25)41-15-13-39(5)14-16-41/h7-12,19,22H,6,13-18,20-21H2,1-5H3,(H2,35,36,44)/t22-/m0/s1. The first-order valence-electron chi connectivity index (χ1n) is 15.9. The van der Waals surface area contributed by atoms with Crippen molar-refractivity contribution in [2.24, 2.45) is 0 Å². The predicted octanol–water partition coefficient (Wildman–Crippen LogP) is 3.79. The topological polar surface area (TPSA) is 128 Å². The van der Waals surface area contributed by atoms with E-state index < -0.39 is 5.60 Å². The van der Waals surface area contributed by atoms with Crippen LogP contribution in [-0.2, 0) is 4.74 Å². The lowest BCUT2D eigenvalue weighted by Gasteiger charge is -2.34. The molecular formula is C33H43N9O4. The van der Waals surface area contributed by atoms with Gasteiger partial charge in [-0.15, -0.1) is 0 Å². The molecule has 3 aliphatic heterocycles. The molecule has 0 radical (unpaired) electrons. The largest absolute Gasteiger partial charge is 0.469 e. The van der Waals surface area contributed by atoms with E-state index in [0.29, 0.717) is 67.0 Å². The first-order valence-corrected chi connectivity index (χ1v) is 15.9. The summed E-state index contributed by atoms with van der Waals surface area (Å²) in [6, 6.07) is 10.7. The highest BCUT2D eigenvalue weighted by atomic mass is 16.5. The second-order valence-corrected chi connectivity index (χ2v) is 12.7. The number of rotatable bonds is 6. The number of nitrogens with one attached hydrogen (secondary N) is 2. The lowest BCUT2D eigenvalue weighted by atomic mass is 10.0. The quantitative estimate of drug-likeness (QED) is 0.416. The molecule has 2 aromatic heterocycles. The molecule has 244 valence electrons. The predicted molar refractivity (Wildman–Crippen MR) is 178 cm³/mol. The van der Waals surface area contributed by atoms with Crippen molar-refractivity contribution in [2.45, 2.75) is 39.3 Å². The van der Waals surface area contributed by atoms with Crippen LogP contribution in [0.25, 0.3) is 11.3 Å². The van der Waals surface area contributed by atoms with Crippen LogP contribution in [0, 0.1) is 0 Å². The van der Waals surface area contributed by atoms with Gasteiger partial charge in [0.2, 0.25) is 11.8 Å². The van der Waals surface area contributed by atoms with Gasteiger partial charge in [-0.05, 0) is 59.0 Å². The molecule has 3 aromatic rings. The molecule has 2 saturated heterocycles. The van der Waals surface area contributed by atoms with Crippen molar-refractivity contribution in [1.29, 1.82) is 0 Å². The first kappa shape index (κ1) is 31.5. The van der Waals surface area contributed by atoms with Crippen molar-refractivity contribution in [1.82, 2.24) is 24.8 Å². The number of piperazine rings is 1. The molecule has 0 unspecified atom stereocenters. The Morgan fingerprint density at radius 2 is 1.72 bits per heavy atom. The summed E-state index contributed by atoms with van der Waals surface area (Å²) in [5, 5.41) is 5.73. The number of fused-ring (bicyclic) bond motifs is 1. The van der Waals surface area contributed by atoms with Gasteiger partial charge in [0.05, 0.1) is 43.4 Å². The lowest BCUT2D eigenvalue weighted by molar-refractivity contribution is 0.0541. The minimum Gasteiger partial charge on any atom is -0.469 e. The van der Waals surface area contributed by atoms with Crippen LogP contribution in [0.5, 0.6) is 5.88 Å². The molecule has 1 aromatic carbocycles. The number of aromatic nitrogens is 3. The van der Waals surface area contributed by atoms with Crippen molar-refractivity contribution >= 4 is 35.1 Å². The molecule has 0 bridgehead atoms. The highest BCUT2D eigenvalue weighted by Crippen LogP contribution is 2.36. The van der Waals surface area contributed by atoms with Gasteiger partial charge < -0.3 is 39.7 Å². The molecule has 13 nitrogen and oxygen atoms in total. The highest BCUT2D eigenvalue weighted by molar-refractivity contribution is 6.03. The zero-order valence-corrected chi connectivity index (χ0v) is 27.2. The van der Waals surface area contributed by atoms with Crippen molar-refractivity contribution in [2.75, 3.05) is 86.5 Å². The van der Waals surface area contributed by atoms with E-state index in [-0.39, 0.29) is 23.9 Å². The van der Waals surface area contributed by atoms with Crippen LogP contribution in [0.15, 0.2) is 42.6 Å². The van der Waals surface area contributed by atoms with Crippen LogP contribution >= 0.6 is 0 Å². The zero-order chi connectivity index (χ0) is 32.4. The van der Waals surface area contributed by atoms with Gasteiger partial charge in [0.15, 0.2) is 0 Å². The number of pyridine rings is 1. The number of nitrogens with zero attached hydrogens (tertiary/aromatic N) is 7. The zero-order valence-electron chi connectivity index (χ0n) is 27.2. The summed E-state index contributed by atoms with van der Waals surface area (Å²) in [5.74, 6) is 1.50. The van der Waals surface area contributed by atoms with Crippen LogP contribution < -0.4 is 25.2 Å². The van der Waals surface area contributed by atoms with E-state index in [2.05, 4.69) is 44.3 Å². The molecular weight excluding hydrogens is 586 g/mol. The van der Waals surface area contributed by atoms with Crippen LogP contribution in [0.3, 0.4) is 0 Å². The smallest absolute Gasteiger partial charge is 0.323 e. The summed E-state index contributed by atoms with van der Waals surface area (Å²) >= 11 is 0. The van der Waals surface area contributed by atoms with E-state index in [4.69, 9.17) is 19.4 Å². The van der Waals surface area contributed by atoms with E-state index in [9.17, 15) is 9.59 Å². The fourth-order valence-corrected chi connectivity index (χ4v) is 5.98. The Balaban J connectivity index is 1.22. The minimum absolute atomic E-state index is 0.0598. The number of anilines is 4. The Hall–Kier alpha value is -4.49. The minimum atomic E-state index is -0.641. The molecule has 46 heavy (non-hydrogen) atoms. The van der Waals surface area contributed by atoms with Gasteiger partial charge in [0, 0.05) is 50.5 Å². The number of ether oxygens (including phenoxy) is 2. The van der Waals surface area contributed by atoms with E-state index in [1.54, 1.807) is 23.2 Å². The summed E-state index contributed by atoms with van der Waals surface area (Å²) in [6.07, 6.45) is 1.67. The second kappa shape index (κ2) is 13.1. The summed E-state index contributed by atoms with van der Waals surface area (Å²) in [5.41, 5.74) is 2.08. The van der Waals surface area contributed by atoms with Crippen LogP contribution in [0.2, 0.25) is 0 Å². The molecule has 1 atom stereocenters. The maximum atomic E-state index is 13.9. The maximum absolute atomic E-state index is 13.9. The third-order valence-electron chi connectivity index (χ3n) is 8.57. The Bertz CT molecular complexity index is 1560.